The zero-order chi connectivity index (χ0) is 23.2. The third kappa shape index (κ3) is 5.57. The Morgan fingerprint density at radius 1 is 1.15 bits per heavy atom. The summed E-state index contributed by atoms with van der Waals surface area (Å²) in [5, 5.41) is 32.1. The largest absolute Gasteiger partial charge is 0.508 e. The first-order valence-electron chi connectivity index (χ1n) is 9.60. The van der Waals surface area contributed by atoms with Crippen LogP contribution >= 0.6 is 27.7 Å². The molecule has 0 atom stereocenters. The van der Waals surface area contributed by atoms with Crippen LogP contribution in [0.5, 0.6) is 11.5 Å². The molecule has 0 aliphatic carbocycles. The number of nitrogens with one attached hydrogen (secondary N) is 1. The number of aromatic hydroxyl groups is 2. The maximum Gasteiger partial charge on any atom is 0.250 e. The van der Waals surface area contributed by atoms with Crippen LogP contribution in [0.2, 0.25) is 0 Å². The molecule has 0 aliphatic rings. The summed E-state index contributed by atoms with van der Waals surface area (Å²) >= 11 is 4.65. The second kappa shape index (κ2) is 10.3. The summed E-state index contributed by atoms with van der Waals surface area (Å²) < 4.78 is 2.80. The fraction of sp³-hybridized carbons (Fsp3) is 0.0455. The van der Waals surface area contributed by atoms with E-state index in [1.165, 1.54) is 36.2 Å². The van der Waals surface area contributed by atoms with Gasteiger partial charge in [0.1, 0.15) is 11.5 Å². The minimum Gasteiger partial charge on any atom is -0.508 e. The lowest BCUT2D eigenvalue weighted by Gasteiger charge is -2.10. The number of pyridine rings is 1. The molecular weight excluding hydrogens is 508 g/mol. The highest BCUT2D eigenvalue weighted by molar-refractivity contribution is 9.10. The molecule has 9 nitrogen and oxygen atoms in total. The van der Waals surface area contributed by atoms with Crippen LogP contribution in [0.1, 0.15) is 5.56 Å². The van der Waals surface area contributed by atoms with Gasteiger partial charge < -0.3 is 10.2 Å². The minimum atomic E-state index is -0.359. The van der Waals surface area contributed by atoms with Crippen molar-refractivity contribution in [2.45, 2.75) is 5.16 Å². The van der Waals surface area contributed by atoms with Crippen LogP contribution in [-0.2, 0) is 4.79 Å². The van der Waals surface area contributed by atoms with E-state index in [4.69, 9.17) is 0 Å². The van der Waals surface area contributed by atoms with Gasteiger partial charge in [-0.05, 0) is 48.5 Å². The molecule has 2 aromatic heterocycles. The van der Waals surface area contributed by atoms with Crippen LogP contribution < -0.4 is 5.43 Å². The van der Waals surface area contributed by atoms with Gasteiger partial charge in [-0.25, -0.2) is 5.43 Å². The normalized spacial score (nSPS) is 11.1. The maximum atomic E-state index is 12.3. The smallest absolute Gasteiger partial charge is 0.250 e. The highest BCUT2D eigenvalue weighted by atomic mass is 79.9. The van der Waals surface area contributed by atoms with Crippen LogP contribution in [0.3, 0.4) is 0 Å². The summed E-state index contributed by atoms with van der Waals surface area (Å²) in [6.45, 7) is 0. The first kappa shape index (κ1) is 22.5. The summed E-state index contributed by atoms with van der Waals surface area (Å²) in [5.41, 5.74) is 4.40. The van der Waals surface area contributed by atoms with E-state index in [1.54, 1.807) is 12.4 Å². The number of hydrogen-bond donors (Lipinski definition) is 3. The zero-order valence-electron chi connectivity index (χ0n) is 17.0. The van der Waals surface area contributed by atoms with Crippen LogP contribution in [-0.4, -0.2) is 47.8 Å². The first-order valence-corrected chi connectivity index (χ1v) is 11.4. The number of amides is 1. The molecule has 11 heteroatoms. The number of carbonyl (C=O) groups is 1. The van der Waals surface area contributed by atoms with E-state index < -0.39 is 0 Å². The number of halogens is 1. The van der Waals surface area contributed by atoms with Crippen molar-refractivity contribution in [2.75, 3.05) is 5.75 Å². The molecular formula is C22H17BrN6O3S. The van der Waals surface area contributed by atoms with Gasteiger partial charge in [-0.2, -0.15) is 5.10 Å². The molecule has 0 saturated heterocycles. The van der Waals surface area contributed by atoms with Gasteiger partial charge >= 0.3 is 0 Å². The average Bonchev–Trinajstić information content (AvgIpc) is 3.24. The van der Waals surface area contributed by atoms with Crippen LogP contribution in [0.4, 0.5) is 0 Å². The lowest BCUT2D eigenvalue weighted by Crippen LogP contribution is -2.20. The Morgan fingerprint density at radius 3 is 2.70 bits per heavy atom. The number of aromatic nitrogens is 4. The summed E-state index contributed by atoms with van der Waals surface area (Å²) in [6, 6.07) is 15.5. The Bertz CT molecular complexity index is 1300. The molecule has 3 N–H and O–H groups in total. The van der Waals surface area contributed by atoms with Crippen molar-refractivity contribution in [3.8, 4) is 28.6 Å². The SMILES string of the molecule is O=C(CSc1nnc(-c2cccnc2)n1-c1ccc(Br)cc1)N/N=C/c1ccc(O)cc1O. The third-order valence-corrected chi connectivity index (χ3v) is 5.83. The molecule has 1 amide bonds. The zero-order valence-corrected chi connectivity index (χ0v) is 19.4. The summed E-state index contributed by atoms with van der Waals surface area (Å²) in [7, 11) is 0. The van der Waals surface area contributed by atoms with Crippen molar-refractivity contribution < 1.29 is 15.0 Å². The fourth-order valence-corrected chi connectivity index (χ4v) is 3.85. The summed E-state index contributed by atoms with van der Waals surface area (Å²) in [5.74, 6) is 0.0798. The number of hydrogen-bond acceptors (Lipinski definition) is 8. The number of phenolic OH excluding ortho intramolecular Hbond substituents is 2. The van der Waals surface area contributed by atoms with Gasteiger partial charge in [-0.1, -0.05) is 27.7 Å². The standard InChI is InChI=1S/C22H17BrN6O3S/c23-16-4-6-17(7-5-16)29-21(15-2-1-9-24-11-15)27-28-22(29)33-13-20(32)26-25-12-14-3-8-18(30)10-19(14)31/h1-12,30-31H,13H2,(H,26,32)/b25-12+. The molecule has 0 fully saturated rings. The Hall–Kier alpha value is -3.70. The molecule has 0 spiro atoms. The Morgan fingerprint density at radius 2 is 1.97 bits per heavy atom. The van der Waals surface area contributed by atoms with Gasteiger partial charge in [-0.3, -0.25) is 14.3 Å². The van der Waals surface area contributed by atoms with E-state index in [0.717, 1.165) is 15.7 Å². The van der Waals surface area contributed by atoms with Gasteiger partial charge in [0.05, 0.1) is 12.0 Å². The van der Waals surface area contributed by atoms with Crippen molar-refractivity contribution in [2.24, 2.45) is 5.10 Å². The van der Waals surface area contributed by atoms with Gasteiger partial charge in [0.2, 0.25) is 0 Å². The molecule has 2 heterocycles. The number of thioether (sulfide) groups is 1. The van der Waals surface area contributed by atoms with E-state index in [2.05, 4.69) is 41.6 Å². The topological polar surface area (TPSA) is 126 Å². The maximum absolute atomic E-state index is 12.3. The van der Waals surface area contributed by atoms with Crippen molar-refractivity contribution in [3.05, 3.63) is 77.0 Å². The van der Waals surface area contributed by atoms with Gasteiger partial charge in [0.15, 0.2) is 11.0 Å². The monoisotopic (exact) mass is 524 g/mol. The second-order valence-electron chi connectivity index (χ2n) is 6.68. The van der Waals surface area contributed by atoms with Crippen LogP contribution in [0, 0.1) is 0 Å². The van der Waals surface area contributed by atoms with E-state index in [0.29, 0.717) is 16.5 Å². The van der Waals surface area contributed by atoms with E-state index in [-0.39, 0.29) is 23.2 Å². The van der Waals surface area contributed by atoms with Gasteiger partial charge in [0, 0.05) is 39.7 Å². The van der Waals surface area contributed by atoms with Gasteiger partial charge in [-0.15, -0.1) is 10.2 Å². The third-order valence-electron chi connectivity index (χ3n) is 4.38. The summed E-state index contributed by atoms with van der Waals surface area (Å²) in [4.78, 5) is 16.4. The number of carbonyl (C=O) groups excluding carboxylic acids is 1. The van der Waals surface area contributed by atoms with E-state index in [9.17, 15) is 15.0 Å². The number of hydrazone groups is 1. The second-order valence-corrected chi connectivity index (χ2v) is 8.54. The van der Waals surface area contributed by atoms with Crippen molar-refractivity contribution in [1.29, 1.82) is 0 Å². The van der Waals surface area contributed by atoms with E-state index >= 15 is 0 Å². The van der Waals surface area contributed by atoms with Crippen molar-refractivity contribution in [1.82, 2.24) is 25.2 Å². The Balaban J connectivity index is 1.49. The number of nitrogens with zero attached hydrogens (tertiary/aromatic N) is 5. The molecule has 33 heavy (non-hydrogen) atoms. The number of rotatable bonds is 7. The molecule has 2 aromatic carbocycles. The Kier molecular flexibility index (Phi) is 7.01. The van der Waals surface area contributed by atoms with Crippen molar-refractivity contribution >= 4 is 39.8 Å². The summed E-state index contributed by atoms with van der Waals surface area (Å²) in [6.07, 6.45) is 4.68. The molecule has 4 rings (SSSR count). The Labute approximate surface area is 201 Å². The molecule has 4 aromatic rings. The van der Waals surface area contributed by atoms with Crippen LogP contribution in [0.25, 0.3) is 17.1 Å². The molecule has 0 saturated carbocycles. The van der Waals surface area contributed by atoms with Gasteiger partial charge in [0.25, 0.3) is 5.91 Å². The molecule has 0 bridgehead atoms. The molecule has 166 valence electrons. The average molecular weight is 525 g/mol. The minimum absolute atomic E-state index is 0.0423. The highest BCUT2D eigenvalue weighted by Crippen LogP contribution is 2.28. The van der Waals surface area contributed by atoms with E-state index in [1.807, 2.05) is 41.0 Å². The van der Waals surface area contributed by atoms with Crippen LogP contribution in [0.15, 0.2) is 81.7 Å². The number of benzene rings is 2. The lowest BCUT2D eigenvalue weighted by molar-refractivity contribution is -0.118. The lowest BCUT2D eigenvalue weighted by atomic mass is 10.2. The fourth-order valence-electron chi connectivity index (χ4n) is 2.85. The predicted molar refractivity (Wildman–Crippen MR) is 129 cm³/mol. The predicted octanol–water partition coefficient (Wildman–Crippen LogP) is 3.75. The molecule has 0 radical (unpaired) electrons. The first-order chi connectivity index (χ1) is 16.0. The quantitative estimate of drug-likeness (QED) is 0.191. The van der Waals surface area contributed by atoms with Crippen molar-refractivity contribution in [3.63, 3.8) is 0 Å². The highest BCUT2D eigenvalue weighted by Gasteiger charge is 2.17. The molecule has 0 aliphatic heterocycles. The number of phenols is 2. The molecule has 0 unspecified atom stereocenters.